The van der Waals surface area contributed by atoms with Crippen LogP contribution in [0, 0.1) is 13.8 Å². The van der Waals surface area contributed by atoms with Gasteiger partial charge in [0.1, 0.15) is 0 Å². The summed E-state index contributed by atoms with van der Waals surface area (Å²) in [6.07, 6.45) is 0. The molecule has 0 spiro atoms. The van der Waals surface area contributed by atoms with Crippen molar-refractivity contribution in [2.45, 2.75) is 13.8 Å². The van der Waals surface area contributed by atoms with Crippen LogP contribution in [0.3, 0.4) is 0 Å². The molecule has 5 aromatic carbocycles. The standard InChI is InChI=1S/C33H19B8/c1-16-17(2)24-26(29(36)31(38)30(37)27(24)34)25(23(16)28(35)32(39)33(40)41)22-14-20(18-9-5-3-6-10-18)13-21(15-22)19-11-7-4-8-12-19/h3-15H,1-2H3/b32-28-. The number of benzene rings is 5. The van der Waals surface area contributed by atoms with Gasteiger partial charge in [0.15, 0.2) is 0 Å². The van der Waals surface area contributed by atoms with Gasteiger partial charge in [-0.15, -0.1) is 0 Å². The van der Waals surface area contributed by atoms with E-state index in [4.69, 9.17) is 62.4 Å². The molecule has 0 N–H and O–H groups in total. The van der Waals surface area contributed by atoms with Crippen LogP contribution in [-0.2, 0) is 0 Å². The number of aryl methyl sites for hydroxylation is 1. The van der Waals surface area contributed by atoms with Crippen LogP contribution in [-0.4, -0.2) is 67.8 Å². The Kier molecular flexibility index (Phi) is 8.06. The van der Waals surface area contributed by atoms with E-state index in [1.807, 2.05) is 50.2 Å². The minimum absolute atomic E-state index is 0.0746. The number of hydrogen-bond donors (Lipinski definition) is 0. The summed E-state index contributed by atoms with van der Waals surface area (Å²) in [5, 5.41) is 1.24. The summed E-state index contributed by atoms with van der Waals surface area (Å²) in [6, 6.07) is 26.6. The molecule has 0 unspecified atom stereocenters. The van der Waals surface area contributed by atoms with Crippen LogP contribution >= 0.6 is 0 Å². The number of hydrogen-bond acceptors (Lipinski definition) is 0. The van der Waals surface area contributed by atoms with Crippen LogP contribution < -0.4 is 21.9 Å². The summed E-state index contributed by atoms with van der Waals surface area (Å²) in [4.78, 5) is 0. The van der Waals surface area contributed by atoms with Crippen molar-refractivity contribution in [1.29, 1.82) is 0 Å². The molecule has 5 aromatic rings. The molecule has 0 bridgehead atoms. The summed E-state index contributed by atoms with van der Waals surface area (Å²) in [6.45, 7) is 3.88. The summed E-state index contributed by atoms with van der Waals surface area (Å²) in [7, 11) is 51.0. The van der Waals surface area contributed by atoms with Gasteiger partial charge in [0.25, 0.3) is 0 Å². The molecule has 15 radical (unpaired) electrons. The van der Waals surface area contributed by atoms with Crippen LogP contribution in [0.4, 0.5) is 0 Å². The van der Waals surface area contributed by atoms with Gasteiger partial charge < -0.3 is 0 Å². The molecule has 0 aliphatic heterocycles. The second-order valence-electron chi connectivity index (χ2n) is 10.2. The van der Waals surface area contributed by atoms with E-state index in [1.165, 1.54) is 0 Å². The third-order valence-corrected chi connectivity index (χ3v) is 7.78. The van der Waals surface area contributed by atoms with Crippen molar-refractivity contribution in [1.82, 2.24) is 0 Å². The first-order valence-electron chi connectivity index (χ1n) is 13.1. The maximum atomic E-state index is 6.75. The van der Waals surface area contributed by atoms with E-state index in [-0.39, 0.29) is 27.2 Å². The Balaban J connectivity index is 2.04. The van der Waals surface area contributed by atoms with Gasteiger partial charge in [-0.2, -0.15) is 0 Å². The predicted molar refractivity (Wildman–Crippen MR) is 186 cm³/mol. The second kappa shape index (κ2) is 11.4. The zero-order valence-electron chi connectivity index (χ0n) is 23.1. The number of fused-ring (bicyclic) bond motifs is 1. The van der Waals surface area contributed by atoms with Gasteiger partial charge >= 0.3 is 254 Å². The Morgan fingerprint density at radius 2 is 0.951 bits per heavy atom. The zero-order valence-corrected chi connectivity index (χ0v) is 23.1. The normalized spacial score (nSPS) is 11.8. The van der Waals surface area contributed by atoms with E-state index in [1.54, 1.807) is 0 Å². The average Bonchev–Trinajstić information content (AvgIpc) is 2.99. The Labute approximate surface area is 253 Å². The fraction of sp³-hybridized carbons (Fsp3) is 0.0606. The van der Waals surface area contributed by atoms with Crippen molar-refractivity contribution in [2.24, 2.45) is 0 Å². The monoisotopic (exact) mass is 503 g/mol. The zero-order chi connectivity index (χ0) is 29.6. The van der Waals surface area contributed by atoms with E-state index < -0.39 is 0 Å². The molecular weight excluding hydrogens is 483 g/mol. The molecule has 5 rings (SSSR count). The molecule has 175 valence electrons. The third kappa shape index (κ3) is 5.07. The van der Waals surface area contributed by atoms with Gasteiger partial charge in [-0.1, -0.05) is 0 Å². The van der Waals surface area contributed by atoms with Crippen molar-refractivity contribution >= 4 is 106 Å². The summed E-state index contributed by atoms with van der Waals surface area (Å²) >= 11 is 0. The van der Waals surface area contributed by atoms with Crippen molar-refractivity contribution in [2.75, 3.05) is 0 Å². The Morgan fingerprint density at radius 1 is 0.512 bits per heavy atom. The Morgan fingerprint density at radius 3 is 1.41 bits per heavy atom. The van der Waals surface area contributed by atoms with E-state index in [2.05, 4.69) is 42.5 Å². The second-order valence-corrected chi connectivity index (χ2v) is 10.2. The van der Waals surface area contributed by atoms with Crippen LogP contribution in [0.2, 0.25) is 0 Å². The number of allylic oxidation sites excluding steroid dienone is 1. The van der Waals surface area contributed by atoms with Gasteiger partial charge in [0, 0.05) is 0 Å². The molecule has 0 aliphatic carbocycles. The molecular formula is C33H19B8. The van der Waals surface area contributed by atoms with E-state index >= 15 is 0 Å². The first-order valence-corrected chi connectivity index (χ1v) is 13.1. The fourth-order valence-corrected chi connectivity index (χ4v) is 5.45. The van der Waals surface area contributed by atoms with Crippen molar-refractivity contribution in [3.8, 4) is 33.4 Å². The molecule has 41 heavy (non-hydrogen) atoms. The van der Waals surface area contributed by atoms with Gasteiger partial charge in [0.2, 0.25) is 0 Å². The average molecular weight is 502 g/mol. The Hall–Kier alpha value is -3.51. The van der Waals surface area contributed by atoms with E-state index in [0.29, 0.717) is 32.8 Å². The summed E-state index contributed by atoms with van der Waals surface area (Å²) in [5.41, 5.74) is 9.30. The maximum absolute atomic E-state index is 6.75. The summed E-state index contributed by atoms with van der Waals surface area (Å²) < 4.78 is 0. The van der Waals surface area contributed by atoms with Crippen LogP contribution in [0.25, 0.3) is 49.6 Å². The Bertz CT molecular complexity index is 1820. The quantitative estimate of drug-likeness (QED) is 0.324. The topological polar surface area (TPSA) is 0 Å². The predicted octanol–water partition coefficient (Wildman–Crippen LogP) is 2.11. The number of rotatable bonds is 5. The molecule has 0 aromatic heterocycles. The van der Waals surface area contributed by atoms with Gasteiger partial charge in [0.05, 0.1) is 0 Å². The molecule has 0 fully saturated rings. The molecule has 0 saturated carbocycles. The van der Waals surface area contributed by atoms with E-state index in [0.717, 1.165) is 38.9 Å². The van der Waals surface area contributed by atoms with Crippen molar-refractivity contribution < 1.29 is 0 Å². The molecule has 0 heterocycles. The van der Waals surface area contributed by atoms with Gasteiger partial charge in [-0.3, -0.25) is 0 Å². The van der Waals surface area contributed by atoms with Gasteiger partial charge in [-0.25, -0.2) is 0 Å². The SMILES string of the molecule is [B]C(=[B])/C([B])=C(/[B])c1c(C)c(C)c2c([B])c([B])c([B])c([B])c2c1-c1cc(-c2ccccc2)cc(-c2ccccc2)c1. The first kappa shape index (κ1) is 29.0. The third-order valence-electron chi connectivity index (χ3n) is 7.78. The molecule has 8 heteroatoms. The summed E-state index contributed by atoms with van der Waals surface area (Å²) in [5.74, 6) is 0. The van der Waals surface area contributed by atoms with Crippen LogP contribution in [0.1, 0.15) is 16.7 Å². The molecule has 0 saturated heterocycles. The fourth-order valence-electron chi connectivity index (χ4n) is 5.45. The first-order chi connectivity index (χ1) is 19.5. The van der Waals surface area contributed by atoms with Crippen molar-refractivity contribution in [3.05, 3.63) is 101 Å². The molecule has 0 aliphatic rings. The minimum atomic E-state index is -0.0853. The van der Waals surface area contributed by atoms with Crippen LogP contribution in [0.15, 0.2) is 84.3 Å². The van der Waals surface area contributed by atoms with Crippen LogP contribution in [0.5, 0.6) is 0 Å². The van der Waals surface area contributed by atoms with E-state index in [9.17, 15) is 0 Å². The molecule has 0 atom stereocenters. The molecule has 0 nitrogen and oxygen atoms in total. The van der Waals surface area contributed by atoms with Gasteiger partial charge in [-0.05, 0) is 0 Å². The molecule has 0 amide bonds. The van der Waals surface area contributed by atoms with Crippen molar-refractivity contribution in [3.63, 3.8) is 0 Å².